The molecule has 0 aliphatic carbocycles. The highest BCUT2D eigenvalue weighted by Gasteiger charge is 2.33. The first-order valence-electron chi connectivity index (χ1n) is 11.7. The summed E-state index contributed by atoms with van der Waals surface area (Å²) in [4.78, 5) is 28.8. The summed E-state index contributed by atoms with van der Waals surface area (Å²) in [6.07, 6.45) is 2.03. The summed E-state index contributed by atoms with van der Waals surface area (Å²) in [5.74, 6) is -0.186. The predicted molar refractivity (Wildman–Crippen MR) is 131 cm³/mol. The van der Waals surface area contributed by atoms with Crippen LogP contribution in [-0.2, 0) is 21.4 Å². The number of hydrogen-bond acceptors (Lipinski definition) is 4. The Kier molecular flexibility index (Phi) is 6.21. The van der Waals surface area contributed by atoms with Crippen LogP contribution in [0.3, 0.4) is 0 Å². The van der Waals surface area contributed by atoms with E-state index in [0.717, 1.165) is 11.3 Å². The van der Waals surface area contributed by atoms with E-state index in [1.807, 2.05) is 53.6 Å². The fourth-order valence-electron chi connectivity index (χ4n) is 4.92. The summed E-state index contributed by atoms with van der Waals surface area (Å²) in [6, 6.07) is 20.0. The van der Waals surface area contributed by atoms with Crippen molar-refractivity contribution in [1.82, 2.24) is 18.7 Å². The van der Waals surface area contributed by atoms with Crippen molar-refractivity contribution in [3.8, 4) is 0 Å². The molecule has 0 saturated carbocycles. The zero-order valence-corrected chi connectivity index (χ0v) is 20.4. The Morgan fingerprint density at radius 3 is 2.14 bits per heavy atom. The maximum absolute atomic E-state index is 13.6. The van der Waals surface area contributed by atoms with Crippen molar-refractivity contribution < 1.29 is 18.0 Å². The van der Waals surface area contributed by atoms with Gasteiger partial charge in [-0.3, -0.25) is 9.59 Å². The van der Waals surface area contributed by atoms with Crippen LogP contribution in [-0.4, -0.2) is 71.6 Å². The fraction of sp³-hybridized carbons (Fsp3) is 0.308. The Morgan fingerprint density at radius 2 is 1.49 bits per heavy atom. The lowest BCUT2D eigenvalue weighted by molar-refractivity contribution is -0.129. The van der Waals surface area contributed by atoms with Crippen LogP contribution in [0.15, 0.2) is 77.8 Å². The molecular weight excluding hydrogens is 464 g/mol. The summed E-state index contributed by atoms with van der Waals surface area (Å²) in [5, 5.41) is 0. The number of aromatic nitrogens is 1. The van der Waals surface area contributed by atoms with Crippen LogP contribution in [0.4, 0.5) is 0 Å². The van der Waals surface area contributed by atoms with Crippen LogP contribution in [0.2, 0.25) is 0 Å². The molecule has 1 atom stereocenters. The van der Waals surface area contributed by atoms with E-state index in [2.05, 4.69) is 4.57 Å². The van der Waals surface area contributed by atoms with Gasteiger partial charge in [-0.1, -0.05) is 30.3 Å². The maximum atomic E-state index is 13.6. The predicted octanol–water partition coefficient (Wildman–Crippen LogP) is 2.59. The van der Waals surface area contributed by atoms with Crippen molar-refractivity contribution >= 4 is 21.8 Å². The van der Waals surface area contributed by atoms with Gasteiger partial charge in [0.05, 0.1) is 10.9 Å². The van der Waals surface area contributed by atoms with E-state index in [-0.39, 0.29) is 35.8 Å². The standard InChI is InChI=1S/C26H28N4O4S/c1-20(31)27-14-17-29(18-15-27)35(33,34)23-11-9-22(10-12-23)26(32)30-19-16-28-13-5-8-24(28)25(30)21-6-3-2-4-7-21/h2-13,25H,14-19H2,1H3. The molecule has 2 aliphatic heterocycles. The summed E-state index contributed by atoms with van der Waals surface area (Å²) in [6.45, 7) is 4.02. The van der Waals surface area contributed by atoms with Crippen LogP contribution in [0.25, 0.3) is 0 Å². The molecule has 0 radical (unpaired) electrons. The molecule has 1 unspecified atom stereocenters. The average molecular weight is 493 g/mol. The summed E-state index contributed by atoms with van der Waals surface area (Å²) in [5.41, 5.74) is 2.54. The first kappa shape index (κ1) is 23.3. The minimum Gasteiger partial charge on any atom is -0.348 e. The lowest BCUT2D eigenvalue weighted by Crippen LogP contribution is -2.49. The third-order valence-corrected chi connectivity index (χ3v) is 8.75. The zero-order valence-electron chi connectivity index (χ0n) is 19.6. The second-order valence-electron chi connectivity index (χ2n) is 8.87. The van der Waals surface area contributed by atoms with Gasteiger partial charge in [0.15, 0.2) is 0 Å². The van der Waals surface area contributed by atoms with Crippen LogP contribution in [0.5, 0.6) is 0 Å². The van der Waals surface area contributed by atoms with Crippen molar-refractivity contribution in [3.63, 3.8) is 0 Å². The highest BCUT2D eigenvalue weighted by atomic mass is 32.2. The molecule has 2 amide bonds. The number of benzene rings is 2. The second kappa shape index (κ2) is 9.31. The van der Waals surface area contributed by atoms with Gasteiger partial charge in [-0.2, -0.15) is 4.31 Å². The second-order valence-corrected chi connectivity index (χ2v) is 10.8. The van der Waals surface area contributed by atoms with E-state index >= 15 is 0 Å². The van der Waals surface area contributed by atoms with Gasteiger partial charge in [-0.25, -0.2) is 8.42 Å². The van der Waals surface area contributed by atoms with E-state index < -0.39 is 10.0 Å². The third kappa shape index (κ3) is 4.37. The van der Waals surface area contributed by atoms with E-state index in [4.69, 9.17) is 0 Å². The van der Waals surface area contributed by atoms with Gasteiger partial charge in [0.1, 0.15) is 0 Å². The molecule has 35 heavy (non-hydrogen) atoms. The van der Waals surface area contributed by atoms with E-state index in [1.54, 1.807) is 17.0 Å². The molecule has 3 heterocycles. The van der Waals surface area contributed by atoms with Crippen molar-refractivity contribution in [1.29, 1.82) is 0 Å². The normalized spacial score (nSPS) is 18.8. The molecule has 3 aromatic rings. The van der Waals surface area contributed by atoms with Crippen LogP contribution < -0.4 is 0 Å². The molecule has 8 nitrogen and oxygen atoms in total. The Labute approximate surface area is 205 Å². The minimum atomic E-state index is -3.70. The Hall–Kier alpha value is -3.43. The van der Waals surface area contributed by atoms with Crippen LogP contribution >= 0.6 is 0 Å². The molecular formula is C26H28N4O4S. The molecule has 9 heteroatoms. The van der Waals surface area contributed by atoms with Gasteiger partial charge in [0.25, 0.3) is 5.91 Å². The zero-order chi connectivity index (χ0) is 24.6. The number of rotatable bonds is 4. The monoisotopic (exact) mass is 492 g/mol. The SMILES string of the molecule is CC(=O)N1CCN(S(=O)(=O)c2ccc(C(=O)N3CCn4cccc4C3c3ccccc3)cc2)CC1. The average Bonchev–Trinajstić information content (AvgIpc) is 3.37. The fourth-order valence-corrected chi connectivity index (χ4v) is 6.34. The quantitative estimate of drug-likeness (QED) is 0.561. The molecule has 1 fully saturated rings. The number of sulfonamides is 1. The van der Waals surface area contributed by atoms with E-state index in [0.29, 0.717) is 31.7 Å². The maximum Gasteiger partial charge on any atom is 0.254 e. The van der Waals surface area contributed by atoms with Gasteiger partial charge in [0, 0.05) is 63.6 Å². The number of carbonyl (C=O) groups is 2. The molecule has 2 aliphatic rings. The van der Waals surface area contributed by atoms with Crippen molar-refractivity contribution in [3.05, 3.63) is 89.7 Å². The van der Waals surface area contributed by atoms with Crippen molar-refractivity contribution in [2.24, 2.45) is 0 Å². The molecule has 0 spiro atoms. The highest BCUT2D eigenvalue weighted by Crippen LogP contribution is 2.33. The number of fused-ring (bicyclic) bond motifs is 1. The van der Waals surface area contributed by atoms with Crippen molar-refractivity contribution in [2.75, 3.05) is 32.7 Å². The number of hydrogen-bond donors (Lipinski definition) is 0. The molecule has 1 saturated heterocycles. The molecule has 0 bridgehead atoms. The van der Waals surface area contributed by atoms with E-state index in [9.17, 15) is 18.0 Å². The Bertz CT molecular complexity index is 1330. The summed E-state index contributed by atoms with van der Waals surface area (Å²) in [7, 11) is -3.70. The number of nitrogens with zero attached hydrogens (tertiary/aromatic N) is 4. The number of amides is 2. The highest BCUT2D eigenvalue weighted by molar-refractivity contribution is 7.89. The largest absolute Gasteiger partial charge is 0.348 e. The minimum absolute atomic E-state index is 0.0521. The first-order valence-corrected chi connectivity index (χ1v) is 13.2. The molecule has 0 N–H and O–H groups in total. The van der Waals surface area contributed by atoms with Gasteiger partial charge in [-0.05, 0) is 42.0 Å². The summed E-state index contributed by atoms with van der Waals surface area (Å²) < 4.78 is 29.8. The van der Waals surface area contributed by atoms with Crippen LogP contribution in [0.1, 0.15) is 34.6 Å². The molecule has 5 rings (SSSR count). The molecule has 182 valence electrons. The van der Waals surface area contributed by atoms with Gasteiger partial charge in [0.2, 0.25) is 15.9 Å². The summed E-state index contributed by atoms with van der Waals surface area (Å²) >= 11 is 0. The third-order valence-electron chi connectivity index (χ3n) is 6.84. The van der Waals surface area contributed by atoms with Crippen LogP contribution in [0, 0.1) is 0 Å². The van der Waals surface area contributed by atoms with E-state index in [1.165, 1.54) is 23.4 Å². The lowest BCUT2D eigenvalue weighted by atomic mass is 9.99. The molecule has 1 aromatic heterocycles. The Morgan fingerprint density at radius 1 is 0.800 bits per heavy atom. The number of carbonyl (C=O) groups excluding carboxylic acids is 2. The molecule has 2 aromatic carbocycles. The topological polar surface area (TPSA) is 82.9 Å². The Balaban J connectivity index is 1.37. The lowest BCUT2D eigenvalue weighted by Gasteiger charge is -2.37. The smallest absolute Gasteiger partial charge is 0.254 e. The first-order chi connectivity index (χ1) is 16.9. The van der Waals surface area contributed by atoms with Crippen molar-refractivity contribution in [2.45, 2.75) is 24.4 Å². The van der Waals surface area contributed by atoms with Gasteiger partial charge in [-0.15, -0.1) is 0 Å². The van der Waals surface area contributed by atoms with Gasteiger partial charge >= 0.3 is 0 Å². The van der Waals surface area contributed by atoms with Gasteiger partial charge < -0.3 is 14.4 Å². The number of piperazine rings is 1.